The molecule has 0 fully saturated rings. The van der Waals surface area contributed by atoms with E-state index >= 15 is 0 Å². The molecule has 2 rings (SSSR count). The van der Waals surface area contributed by atoms with Crippen LogP contribution in [0.4, 0.5) is 4.39 Å². The Morgan fingerprint density at radius 3 is 2.95 bits per heavy atom. The Morgan fingerprint density at radius 2 is 2.24 bits per heavy atom. The van der Waals surface area contributed by atoms with E-state index in [4.69, 9.17) is 16.3 Å². The second-order valence-electron chi connectivity index (χ2n) is 4.38. The molecule has 0 aliphatic heterocycles. The molecule has 0 spiro atoms. The smallest absolute Gasteiger partial charge is 0.251 e. The lowest BCUT2D eigenvalue weighted by Gasteiger charge is -2.07. The van der Waals surface area contributed by atoms with Crippen molar-refractivity contribution in [2.45, 2.75) is 6.54 Å². The van der Waals surface area contributed by atoms with Gasteiger partial charge in [-0.2, -0.15) is 0 Å². The first-order valence-electron chi connectivity index (χ1n) is 6.35. The fourth-order valence-corrected chi connectivity index (χ4v) is 2.06. The van der Waals surface area contributed by atoms with Crippen LogP contribution >= 0.6 is 11.6 Å². The van der Waals surface area contributed by atoms with Crippen molar-refractivity contribution in [1.29, 1.82) is 0 Å². The molecule has 0 bridgehead atoms. The van der Waals surface area contributed by atoms with Crippen molar-refractivity contribution in [3.05, 3.63) is 51.2 Å². The molecular weight excluding hydrogens is 297 g/mol. The molecule has 21 heavy (non-hydrogen) atoms. The number of hydrogen-bond donors (Lipinski definition) is 2. The number of aromatic nitrogens is 2. The summed E-state index contributed by atoms with van der Waals surface area (Å²) >= 11 is 5.98. The lowest BCUT2D eigenvalue weighted by molar-refractivity contribution is 0.199. The first-order valence-corrected chi connectivity index (χ1v) is 6.73. The van der Waals surface area contributed by atoms with E-state index in [0.29, 0.717) is 36.8 Å². The maximum absolute atomic E-state index is 13.1. The average Bonchev–Trinajstić information content (AvgIpc) is 2.43. The Hall–Kier alpha value is -1.76. The van der Waals surface area contributed by atoms with Crippen molar-refractivity contribution in [3.8, 4) is 11.4 Å². The van der Waals surface area contributed by atoms with Gasteiger partial charge in [-0.25, -0.2) is 9.37 Å². The van der Waals surface area contributed by atoms with Gasteiger partial charge in [0.25, 0.3) is 5.56 Å². The molecule has 0 amide bonds. The Kier molecular flexibility index (Phi) is 5.44. The normalized spacial score (nSPS) is 10.8. The number of nitrogens with one attached hydrogen (secondary N) is 2. The van der Waals surface area contributed by atoms with E-state index < -0.39 is 5.82 Å². The number of methoxy groups -OCH3 is 1. The minimum Gasteiger partial charge on any atom is -0.383 e. The summed E-state index contributed by atoms with van der Waals surface area (Å²) in [5, 5.41) is 3.30. The summed E-state index contributed by atoms with van der Waals surface area (Å²) in [5.41, 5.74) is 0.767. The third-order valence-electron chi connectivity index (χ3n) is 2.77. The predicted octanol–water partition coefficient (Wildman–Crippen LogP) is 1.97. The highest BCUT2D eigenvalue weighted by atomic mass is 35.5. The number of nitrogens with zero attached hydrogens (tertiary/aromatic N) is 1. The number of hydrogen-bond acceptors (Lipinski definition) is 4. The predicted molar refractivity (Wildman–Crippen MR) is 78.8 cm³/mol. The summed E-state index contributed by atoms with van der Waals surface area (Å²) in [6, 6.07) is 5.34. The average molecular weight is 312 g/mol. The largest absolute Gasteiger partial charge is 0.383 e. The summed E-state index contributed by atoms with van der Waals surface area (Å²) in [4.78, 5) is 18.6. The minimum atomic E-state index is -0.441. The molecule has 0 saturated heterocycles. The third kappa shape index (κ3) is 4.35. The Labute approximate surface area is 126 Å². The quantitative estimate of drug-likeness (QED) is 0.800. The van der Waals surface area contributed by atoms with Crippen LogP contribution in [0.1, 0.15) is 5.69 Å². The molecule has 1 aromatic carbocycles. The van der Waals surface area contributed by atoms with E-state index in [1.165, 1.54) is 24.3 Å². The standard InChI is InChI=1S/C14H15ClFN3O2/c1-21-5-4-17-8-10-7-13(20)19-14(18-10)11-3-2-9(16)6-12(11)15/h2-3,6-7,17H,4-5,8H2,1H3,(H,18,19,20). The van der Waals surface area contributed by atoms with Crippen molar-refractivity contribution in [2.24, 2.45) is 0 Å². The maximum atomic E-state index is 13.1. The molecule has 0 unspecified atom stereocenters. The van der Waals surface area contributed by atoms with Crippen LogP contribution in [0, 0.1) is 5.82 Å². The van der Waals surface area contributed by atoms with Crippen molar-refractivity contribution >= 4 is 11.6 Å². The first kappa shape index (κ1) is 15.6. The van der Waals surface area contributed by atoms with E-state index in [-0.39, 0.29) is 10.6 Å². The Balaban J connectivity index is 2.24. The first-order chi connectivity index (χ1) is 10.1. The van der Waals surface area contributed by atoms with E-state index in [1.54, 1.807) is 7.11 Å². The van der Waals surface area contributed by atoms with Crippen molar-refractivity contribution < 1.29 is 9.13 Å². The number of halogens is 2. The van der Waals surface area contributed by atoms with E-state index in [1.807, 2.05) is 0 Å². The Bertz CT molecular complexity index is 676. The highest BCUT2D eigenvalue weighted by molar-refractivity contribution is 6.33. The molecule has 2 N–H and O–H groups in total. The molecule has 0 aliphatic carbocycles. The number of rotatable bonds is 6. The van der Waals surface area contributed by atoms with Gasteiger partial charge < -0.3 is 15.0 Å². The maximum Gasteiger partial charge on any atom is 0.251 e. The van der Waals surface area contributed by atoms with Gasteiger partial charge in [0, 0.05) is 31.8 Å². The van der Waals surface area contributed by atoms with Crippen LogP contribution in [0.25, 0.3) is 11.4 Å². The molecule has 1 aromatic heterocycles. The van der Waals surface area contributed by atoms with Crippen LogP contribution in [0.15, 0.2) is 29.1 Å². The summed E-state index contributed by atoms with van der Waals surface area (Å²) in [6.45, 7) is 1.65. The molecule has 0 aliphatic rings. The second kappa shape index (κ2) is 7.31. The lowest BCUT2D eigenvalue weighted by Crippen LogP contribution is -2.21. The van der Waals surface area contributed by atoms with Crippen LogP contribution in [0.2, 0.25) is 5.02 Å². The van der Waals surface area contributed by atoms with Crippen LogP contribution in [0.5, 0.6) is 0 Å². The zero-order valence-electron chi connectivity index (χ0n) is 11.5. The van der Waals surface area contributed by atoms with Gasteiger partial charge >= 0.3 is 0 Å². The Morgan fingerprint density at radius 1 is 1.43 bits per heavy atom. The van der Waals surface area contributed by atoms with Gasteiger partial charge in [0.1, 0.15) is 11.6 Å². The number of ether oxygens (including phenoxy) is 1. The molecule has 1 heterocycles. The lowest BCUT2D eigenvalue weighted by atomic mass is 10.2. The summed E-state index contributed by atoms with van der Waals surface area (Å²) in [5.74, 6) is -0.125. The summed E-state index contributed by atoms with van der Waals surface area (Å²) in [6.07, 6.45) is 0. The van der Waals surface area contributed by atoms with Crippen molar-refractivity contribution in [1.82, 2.24) is 15.3 Å². The molecule has 0 atom stereocenters. The van der Waals surface area contributed by atoms with Gasteiger partial charge in [-0.05, 0) is 18.2 Å². The summed E-state index contributed by atoms with van der Waals surface area (Å²) < 4.78 is 18.0. The second-order valence-corrected chi connectivity index (χ2v) is 4.79. The van der Waals surface area contributed by atoms with Crippen LogP contribution in [-0.4, -0.2) is 30.2 Å². The van der Waals surface area contributed by atoms with Crippen molar-refractivity contribution in [2.75, 3.05) is 20.3 Å². The fraction of sp³-hybridized carbons (Fsp3) is 0.286. The van der Waals surface area contributed by atoms with Crippen LogP contribution < -0.4 is 10.9 Å². The highest BCUT2D eigenvalue weighted by Gasteiger charge is 2.09. The monoisotopic (exact) mass is 311 g/mol. The van der Waals surface area contributed by atoms with E-state index in [0.717, 1.165) is 0 Å². The molecular formula is C14H15ClFN3O2. The van der Waals surface area contributed by atoms with Gasteiger partial charge in [0.05, 0.1) is 17.3 Å². The van der Waals surface area contributed by atoms with E-state index in [2.05, 4.69) is 15.3 Å². The van der Waals surface area contributed by atoms with Gasteiger partial charge in [-0.15, -0.1) is 0 Å². The molecule has 5 nitrogen and oxygen atoms in total. The fourth-order valence-electron chi connectivity index (χ4n) is 1.80. The van der Waals surface area contributed by atoms with Gasteiger partial charge in [-0.3, -0.25) is 4.79 Å². The van der Waals surface area contributed by atoms with Gasteiger partial charge in [0.15, 0.2) is 0 Å². The highest BCUT2D eigenvalue weighted by Crippen LogP contribution is 2.25. The van der Waals surface area contributed by atoms with Crippen molar-refractivity contribution in [3.63, 3.8) is 0 Å². The SMILES string of the molecule is COCCNCc1cc(=O)[nH]c(-c2ccc(F)cc2Cl)n1. The molecule has 0 radical (unpaired) electrons. The minimum absolute atomic E-state index is 0.197. The third-order valence-corrected chi connectivity index (χ3v) is 3.08. The number of benzene rings is 1. The molecule has 7 heteroatoms. The summed E-state index contributed by atoms with van der Waals surface area (Å²) in [7, 11) is 1.61. The molecule has 0 saturated carbocycles. The van der Waals surface area contributed by atoms with Crippen LogP contribution in [0.3, 0.4) is 0 Å². The van der Waals surface area contributed by atoms with E-state index in [9.17, 15) is 9.18 Å². The van der Waals surface area contributed by atoms with Gasteiger partial charge in [-0.1, -0.05) is 11.6 Å². The number of H-pyrrole nitrogens is 1. The zero-order valence-corrected chi connectivity index (χ0v) is 12.2. The zero-order chi connectivity index (χ0) is 15.2. The molecule has 2 aromatic rings. The topological polar surface area (TPSA) is 67.0 Å². The van der Waals surface area contributed by atoms with Crippen LogP contribution in [-0.2, 0) is 11.3 Å². The van der Waals surface area contributed by atoms with Gasteiger partial charge in [0.2, 0.25) is 0 Å². The molecule has 112 valence electrons. The number of aromatic amines is 1.